The van der Waals surface area contributed by atoms with Crippen LogP contribution >= 0.6 is 0 Å². The summed E-state index contributed by atoms with van der Waals surface area (Å²) in [5.41, 5.74) is 0. The number of rotatable bonds is 0. The standard InChI is InChI=1S/C5H4N2.2Y/c1-5-6-3-2-4-7-5;;/h2H,1H3;;/q-2;;. The van der Waals surface area contributed by atoms with Crippen molar-refractivity contribution in [3.8, 4) is 0 Å². The molecule has 0 saturated heterocycles. The Morgan fingerprint density at radius 1 is 1.22 bits per heavy atom. The third-order valence-corrected chi connectivity index (χ3v) is 0.582. The molecule has 0 fully saturated rings. The van der Waals surface area contributed by atoms with Crippen molar-refractivity contribution in [2.45, 2.75) is 6.92 Å². The van der Waals surface area contributed by atoms with Crippen molar-refractivity contribution < 1.29 is 65.4 Å². The van der Waals surface area contributed by atoms with Crippen molar-refractivity contribution in [2.75, 3.05) is 0 Å². The Hall–Kier alpha value is 1.29. The topological polar surface area (TPSA) is 25.8 Å². The smallest absolute Gasteiger partial charge is 0 e. The third-order valence-electron chi connectivity index (χ3n) is 0.582. The Morgan fingerprint density at radius 3 is 1.89 bits per heavy atom. The molecule has 0 atom stereocenters. The zero-order valence-electron chi connectivity index (χ0n) is 5.13. The van der Waals surface area contributed by atoms with Gasteiger partial charge >= 0.3 is 0 Å². The van der Waals surface area contributed by atoms with Gasteiger partial charge in [-0.3, -0.25) is 18.5 Å². The van der Waals surface area contributed by atoms with Crippen LogP contribution in [-0.2, 0) is 65.4 Å². The summed E-state index contributed by atoms with van der Waals surface area (Å²) in [5, 5.41) is 0. The molecule has 0 aliphatic carbocycles. The van der Waals surface area contributed by atoms with E-state index in [9.17, 15) is 0 Å². The van der Waals surface area contributed by atoms with Crippen molar-refractivity contribution in [3.05, 3.63) is 24.3 Å². The number of nitrogens with zero attached hydrogens (tertiary/aromatic N) is 2. The maximum atomic E-state index is 3.71. The molecule has 1 aromatic rings. The first-order valence-corrected chi connectivity index (χ1v) is 1.97. The van der Waals surface area contributed by atoms with Gasteiger partial charge in [0.1, 0.15) is 0 Å². The van der Waals surface area contributed by atoms with Crippen molar-refractivity contribution in [1.29, 1.82) is 0 Å². The van der Waals surface area contributed by atoms with E-state index in [2.05, 4.69) is 22.4 Å². The molecule has 1 rings (SSSR count). The molecule has 0 saturated carbocycles. The summed E-state index contributed by atoms with van der Waals surface area (Å²) in [4.78, 5) is 7.42. The van der Waals surface area contributed by atoms with Gasteiger partial charge in [-0.25, -0.2) is 0 Å². The van der Waals surface area contributed by atoms with E-state index >= 15 is 0 Å². The van der Waals surface area contributed by atoms with E-state index < -0.39 is 0 Å². The van der Waals surface area contributed by atoms with Crippen LogP contribution in [0.3, 0.4) is 0 Å². The fourth-order valence-electron chi connectivity index (χ4n) is 0.305. The van der Waals surface area contributed by atoms with Gasteiger partial charge < -0.3 is 9.97 Å². The maximum Gasteiger partial charge on any atom is 0 e. The number of hydrogen-bond donors (Lipinski definition) is 0. The minimum Gasteiger partial charge on any atom is -0.510 e. The second-order valence-electron chi connectivity index (χ2n) is 1.17. The van der Waals surface area contributed by atoms with Crippen LogP contribution in [0, 0.1) is 19.3 Å². The van der Waals surface area contributed by atoms with Gasteiger partial charge in [0.25, 0.3) is 0 Å². The van der Waals surface area contributed by atoms with Gasteiger partial charge in [-0.05, 0) is 0 Å². The van der Waals surface area contributed by atoms with E-state index in [1.165, 1.54) is 0 Å². The fourth-order valence-corrected chi connectivity index (χ4v) is 0.305. The molecule has 0 aromatic carbocycles. The number of aryl methyl sites for hydroxylation is 1. The quantitative estimate of drug-likeness (QED) is 0.637. The zero-order valence-corrected chi connectivity index (χ0v) is 10.8. The van der Waals surface area contributed by atoms with Crippen LogP contribution in [-0.4, -0.2) is 9.97 Å². The van der Waals surface area contributed by atoms with Gasteiger partial charge in [0, 0.05) is 65.4 Å². The van der Waals surface area contributed by atoms with E-state index in [-0.39, 0.29) is 65.4 Å². The molecular weight excluding hydrogens is 266 g/mol. The average molecular weight is 270 g/mol. The van der Waals surface area contributed by atoms with Gasteiger partial charge in [-0.1, -0.05) is 6.92 Å². The molecule has 0 N–H and O–H groups in total. The van der Waals surface area contributed by atoms with Crippen LogP contribution in [0.25, 0.3) is 0 Å². The van der Waals surface area contributed by atoms with Crippen molar-refractivity contribution in [2.24, 2.45) is 0 Å². The minimum absolute atomic E-state index is 0. The van der Waals surface area contributed by atoms with E-state index in [4.69, 9.17) is 0 Å². The molecule has 0 aliphatic rings. The molecule has 9 heavy (non-hydrogen) atoms. The normalized spacial score (nSPS) is 6.78. The fraction of sp³-hybridized carbons (Fsp3) is 0.200. The molecule has 1 aromatic heterocycles. The van der Waals surface area contributed by atoms with E-state index in [0.717, 1.165) is 0 Å². The molecule has 0 bridgehead atoms. The summed E-state index contributed by atoms with van der Waals surface area (Å²) in [6.07, 6.45) is 5.19. The van der Waals surface area contributed by atoms with Gasteiger partial charge in [0.05, 0.1) is 0 Å². The van der Waals surface area contributed by atoms with E-state index in [1.807, 2.05) is 0 Å². The predicted octanol–water partition coefficient (Wildman–Crippen LogP) is 0.380. The Bertz CT molecular complexity index is 143. The summed E-state index contributed by atoms with van der Waals surface area (Å²) in [6.45, 7) is 1.80. The SMILES string of the molecule is Cc1n[c-]c[c-]n1.[Y].[Y]. The third kappa shape index (κ3) is 5.72. The molecule has 0 spiro atoms. The first kappa shape index (κ1) is 12.9. The first-order chi connectivity index (χ1) is 3.39. The van der Waals surface area contributed by atoms with Crippen LogP contribution in [0.2, 0.25) is 0 Å². The summed E-state index contributed by atoms with van der Waals surface area (Å²) in [6, 6.07) is 1.55. The molecule has 1 heterocycles. The molecule has 0 amide bonds. The summed E-state index contributed by atoms with van der Waals surface area (Å²) >= 11 is 0. The largest absolute Gasteiger partial charge is 0.510 e. The molecular formula is C5H4N2Y2-2. The second-order valence-corrected chi connectivity index (χ2v) is 1.17. The van der Waals surface area contributed by atoms with Gasteiger partial charge in [-0.15, -0.1) is 5.82 Å². The molecule has 4 heteroatoms. The molecule has 2 radical (unpaired) electrons. The summed E-state index contributed by atoms with van der Waals surface area (Å²) in [7, 11) is 0. The van der Waals surface area contributed by atoms with Gasteiger partial charge in [0.2, 0.25) is 0 Å². The Labute approximate surface area is 105 Å². The Morgan fingerprint density at radius 2 is 1.67 bits per heavy atom. The maximum absolute atomic E-state index is 3.71. The second kappa shape index (κ2) is 7.40. The van der Waals surface area contributed by atoms with Gasteiger partial charge in [-0.2, -0.15) is 0 Å². The number of aromatic nitrogens is 2. The molecule has 2 nitrogen and oxygen atoms in total. The van der Waals surface area contributed by atoms with E-state index in [1.54, 1.807) is 13.0 Å². The van der Waals surface area contributed by atoms with Crippen molar-refractivity contribution in [1.82, 2.24) is 9.97 Å². The molecule has 0 unspecified atom stereocenters. The van der Waals surface area contributed by atoms with Crippen LogP contribution < -0.4 is 0 Å². The van der Waals surface area contributed by atoms with Crippen molar-refractivity contribution in [3.63, 3.8) is 0 Å². The van der Waals surface area contributed by atoms with Crippen LogP contribution in [0.1, 0.15) is 5.82 Å². The summed E-state index contributed by atoms with van der Waals surface area (Å²) < 4.78 is 0. The predicted molar refractivity (Wildman–Crippen MR) is 24.4 cm³/mol. The van der Waals surface area contributed by atoms with E-state index in [0.29, 0.717) is 5.82 Å². The monoisotopic (exact) mass is 270 g/mol. The molecule has 42 valence electrons. The number of hydrogen-bond acceptors (Lipinski definition) is 2. The van der Waals surface area contributed by atoms with Crippen molar-refractivity contribution >= 4 is 0 Å². The first-order valence-electron chi connectivity index (χ1n) is 1.97. The Kier molecular flexibility index (Phi) is 10.6. The van der Waals surface area contributed by atoms with Crippen LogP contribution in [0.4, 0.5) is 0 Å². The zero-order chi connectivity index (χ0) is 5.11. The molecule has 0 aliphatic heterocycles. The van der Waals surface area contributed by atoms with Crippen LogP contribution in [0.15, 0.2) is 6.07 Å². The minimum atomic E-state index is 0. The van der Waals surface area contributed by atoms with Crippen LogP contribution in [0.5, 0.6) is 0 Å². The summed E-state index contributed by atoms with van der Waals surface area (Å²) in [5.74, 6) is 0.711. The van der Waals surface area contributed by atoms with Gasteiger partial charge in [0.15, 0.2) is 0 Å². The Balaban J connectivity index is 0. The average Bonchev–Trinajstić information content (AvgIpc) is 1.69.